The number of para-hydroxylation sites is 2. The van der Waals surface area contributed by atoms with E-state index in [1.807, 2.05) is 0 Å². The van der Waals surface area contributed by atoms with Gasteiger partial charge in [0.15, 0.2) is 11.6 Å². The van der Waals surface area contributed by atoms with E-state index in [4.69, 9.17) is 46.4 Å². The number of azo groups is 2. The monoisotopic (exact) mass is 914 g/mol. The molecular formula is C44H38Cl4N8O6. The molecule has 2 atom stereocenters. The molecule has 14 nitrogen and oxygen atoms in total. The third-order valence-electron chi connectivity index (χ3n) is 9.18. The molecule has 18 heteroatoms. The number of aryl methyl sites for hydroxylation is 2. The van der Waals surface area contributed by atoms with E-state index < -0.39 is 47.3 Å². The van der Waals surface area contributed by atoms with Crippen molar-refractivity contribution in [2.45, 2.75) is 51.5 Å². The van der Waals surface area contributed by atoms with Crippen molar-refractivity contribution in [3.8, 4) is 0 Å². The quantitative estimate of drug-likeness (QED) is 0.0431. The summed E-state index contributed by atoms with van der Waals surface area (Å²) in [4.78, 5) is 78.3. The lowest BCUT2D eigenvalue weighted by Gasteiger charge is -2.16. The molecule has 5 aromatic rings. The minimum Gasteiger partial charge on any atom is -0.324 e. The first kappa shape index (κ1) is 46.7. The summed E-state index contributed by atoms with van der Waals surface area (Å²) in [5, 5.41) is 26.9. The van der Waals surface area contributed by atoms with Crippen molar-refractivity contribution in [2.75, 3.05) is 21.3 Å². The van der Waals surface area contributed by atoms with Crippen LogP contribution in [-0.2, 0) is 30.9 Å². The Morgan fingerprint density at radius 3 is 1.24 bits per heavy atom. The van der Waals surface area contributed by atoms with Crippen LogP contribution in [0.25, 0.3) is 0 Å². The first-order chi connectivity index (χ1) is 29.6. The Bertz CT molecular complexity index is 2460. The van der Waals surface area contributed by atoms with Gasteiger partial charge in [-0.1, -0.05) is 71.7 Å². The van der Waals surface area contributed by atoms with Gasteiger partial charge in [-0.25, -0.2) is 0 Å². The average Bonchev–Trinajstić information content (AvgIpc) is 3.23. The molecule has 0 saturated heterocycles. The summed E-state index contributed by atoms with van der Waals surface area (Å²) in [6, 6.07) is 22.9. The van der Waals surface area contributed by atoms with Crippen LogP contribution in [0.15, 0.2) is 118 Å². The standard InChI is InChI=1S/C44H38Cl4N8O6/c1-23-19-36(52-44(62)40(26(4)58)56-54-34-18-10-14-30(38(34)48)42(60)50-32-16-8-6-12-28(32)22-46)24(2)20-35(23)51-43(61)39(25(3)57)55-53-33-17-9-13-29(37(33)47)41(59)49-31-15-7-5-11-27(31)21-45/h5-20,39-40H,21-22H2,1-4H3,(H,49,59)(H,50,60)(H,51,61)(H,52,62). The van der Waals surface area contributed by atoms with Crippen LogP contribution in [0.4, 0.5) is 34.1 Å². The molecule has 0 aromatic heterocycles. The second kappa shape index (κ2) is 21.5. The maximum absolute atomic E-state index is 13.4. The zero-order valence-electron chi connectivity index (χ0n) is 33.6. The lowest BCUT2D eigenvalue weighted by Crippen LogP contribution is -2.32. The van der Waals surface area contributed by atoms with E-state index in [1.54, 1.807) is 74.5 Å². The zero-order chi connectivity index (χ0) is 45.1. The molecule has 0 spiro atoms. The van der Waals surface area contributed by atoms with E-state index in [0.717, 1.165) is 0 Å². The molecule has 0 aliphatic heterocycles. The molecule has 0 bridgehead atoms. The number of nitrogens with zero attached hydrogens (tertiary/aromatic N) is 4. The van der Waals surface area contributed by atoms with Crippen LogP contribution in [0.3, 0.4) is 0 Å². The number of alkyl halides is 2. The van der Waals surface area contributed by atoms with E-state index in [-0.39, 0.29) is 44.3 Å². The molecule has 0 aliphatic rings. The van der Waals surface area contributed by atoms with E-state index in [9.17, 15) is 28.8 Å². The Balaban J connectivity index is 1.27. The van der Waals surface area contributed by atoms with Crippen LogP contribution in [0.5, 0.6) is 0 Å². The van der Waals surface area contributed by atoms with Crippen LogP contribution in [0.2, 0.25) is 10.0 Å². The van der Waals surface area contributed by atoms with Crippen molar-refractivity contribution < 1.29 is 28.8 Å². The largest absolute Gasteiger partial charge is 0.324 e. The summed E-state index contributed by atoms with van der Waals surface area (Å²) >= 11 is 25.1. The highest BCUT2D eigenvalue weighted by Gasteiger charge is 2.27. The summed E-state index contributed by atoms with van der Waals surface area (Å²) in [6.45, 7) is 5.65. The Morgan fingerprint density at radius 1 is 0.516 bits per heavy atom. The minimum atomic E-state index is -1.59. The van der Waals surface area contributed by atoms with Gasteiger partial charge in [0.05, 0.1) is 21.2 Å². The van der Waals surface area contributed by atoms with Gasteiger partial charge in [-0.15, -0.1) is 23.2 Å². The molecule has 0 heterocycles. The average molecular weight is 917 g/mol. The van der Waals surface area contributed by atoms with Crippen molar-refractivity contribution in [3.63, 3.8) is 0 Å². The van der Waals surface area contributed by atoms with Gasteiger partial charge >= 0.3 is 0 Å². The fourth-order valence-electron chi connectivity index (χ4n) is 5.81. The van der Waals surface area contributed by atoms with Gasteiger partial charge < -0.3 is 21.3 Å². The highest BCUT2D eigenvalue weighted by molar-refractivity contribution is 6.37. The molecule has 0 saturated carbocycles. The molecule has 4 amide bonds. The van der Waals surface area contributed by atoms with Gasteiger partial charge in [0.1, 0.15) is 11.4 Å². The minimum absolute atomic E-state index is 0.0452. The van der Waals surface area contributed by atoms with Crippen LogP contribution < -0.4 is 21.3 Å². The number of Topliss-reactive ketones (excluding diaryl/α,β-unsaturated/α-hetero) is 2. The van der Waals surface area contributed by atoms with Crippen LogP contribution in [0, 0.1) is 13.8 Å². The van der Waals surface area contributed by atoms with Crippen LogP contribution >= 0.6 is 46.4 Å². The molecule has 5 rings (SSSR count). The zero-order valence-corrected chi connectivity index (χ0v) is 36.6. The summed E-state index contributed by atoms with van der Waals surface area (Å²) in [5.74, 6) is -3.57. The SMILES string of the molecule is CC(=O)C(N=Nc1cccc(C(=O)Nc2ccccc2CCl)c1Cl)C(=O)Nc1cc(C)c(NC(=O)C(N=Nc2cccc(C(=O)Nc3ccccc3CCl)c2Cl)C(C)=O)cc1C. The predicted octanol–water partition coefficient (Wildman–Crippen LogP) is 11.0. The fourth-order valence-corrected chi connectivity index (χ4v) is 6.77. The van der Waals surface area contributed by atoms with Crippen molar-refractivity contribution in [1.29, 1.82) is 0 Å². The molecule has 318 valence electrons. The molecule has 0 aliphatic carbocycles. The molecule has 2 unspecified atom stereocenters. The predicted molar refractivity (Wildman–Crippen MR) is 242 cm³/mol. The second-order valence-corrected chi connectivity index (χ2v) is 15.0. The number of hydrogen-bond donors (Lipinski definition) is 4. The normalized spacial score (nSPS) is 12.1. The Labute approximate surface area is 376 Å². The topological polar surface area (TPSA) is 200 Å². The third-order valence-corrected chi connectivity index (χ3v) is 10.6. The third kappa shape index (κ3) is 11.5. The smallest absolute Gasteiger partial charge is 0.258 e. The van der Waals surface area contributed by atoms with Gasteiger partial charge in [0.2, 0.25) is 12.1 Å². The highest BCUT2D eigenvalue weighted by Crippen LogP contribution is 2.32. The Morgan fingerprint density at radius 2 is 0.887 bits per heavy atom. The maximum atomic E-state index is 13.4. The lowest BCUT2D eigenvalue weighted by molar-refractivity contribution is -0.127. The molecule has 4 N–H and O–H groups in total. The number of benzene rings is 5. The molecular weight excluding hydrogens is 878 g/mol. The van der Waals surface area contributed by atoms with Crippen molar-refractivity contribution >= 4 is 116 Å². The number of rotatable bonds is 16. The second-order valence-electron chi connectivity index (χ2n) is 13.7. The molecule has 62 heavy (non-hydrogen) atoms. The first-order valence-electron chi connectivity index (χ1n) is 18.7. The summed E-state index contributed by atoms with van der Waals surface area (Å²) in [5.41, 5.74) is 4.22. The summed E-state index contributed by atoms with van der Waals surface area (Å²) < 4.78 is 0. The Hall–Kier alpha value is -6.32. The van der Waals surface area contributed by atoms with E-state index in [2.05, 4.69) is 41.7 Å². The number of ketones is 2. The van der Waals surface area contributed by atoms with Gasteiger partial charge in [0, 0.05) is 34.5 Å². The highest BCUT2D eigenvalue weighted by atomic mass is 35.5. The van der Waals surface area contributed by atoms with Crippen molar-refractivity contribution in [1.82, 2.24) is 0 Å². The van der Waals surface area contributed by atoms with E-state index >= 15 is 0 Å². The number of hydrogen-bond acceptors (Lipinski definition) is 10. The molecule has 5 aromatic carbocycles. The van der Waals surface area contributed by atoms with Gasteiger partial charge in [-0.05, 0) is 98.5 Å². The number of anilines is 4. The maximum Gasteiger partial charge on any atom is 0.258 e. The first-order valence-corrected chi connectivity index (χ1v) is 20.5. The molecule has 0 fully saturated rings. The number of carbonyl (C=O) groups is 6. The lowest BCUT2D eigenvalue weighted by atomic mass is 10.1. The number of nitrogens with one attached hydrogen (secondary N) is 4. The van der Waals surface area contributed by atoms with Crippen molar-refractivity contribution in [2.24, 2.45) is 20.5 Å². The van der Waals surface area contributed by atoms with Crippen LogP contribution in [0.1, 0.15) is 56.8 Å². The van der Waals surface area contributed by atoms with Gasteiger partial charge in [-0.3, -0.25) is 28.8 Å². The number of carbonyl (C=O) groups excluding carboxylic acids is 6. The number of halogens is 4. The van der Waals surface area contributed by atoms with E-state index in [0.29, 0.717) is 45.0 Å². The summed E-state index contributed by atoms with van der Waals surface area (Å²) in [7, 11) is 0. The Kier molecular flexibility index (Phi) is 16.2. The van der Waals surface area contributed by atoms with Gasteiger partial charge in [-0.2, -0.15) is 20.5 Å². The summed E-state index contributed by atoms with van der Waals surface area (Å²) in [6.07, 6.45) is 0. The number of amides is 4. The van der Waals surface area contributed by atoms with E-state index in [1.165, 1.54) is 50.2 Å². The van der Waals surface area contributed by atoms with Crippen molar-refractivity contribution in [3.05, 3.63) is 140 Å². The van der Waals surface area contributed by atoms with Crippen LogP contribution in [-0.4, -0.2) is 47.3 Å². The molecule has 0 radical (unpaired) electrons. The fraction of sp³-hybridized carbons (Fsp3) is 0.182. The van der Waals surface area contributed by atoms with Gasteiger partial charge in [0.25, 0.3) is 23.6 Å².